The summed E-state index contributed by atoms with van der Waals surface area (Å²) >= 11 is 6.11. The van der Waals surface area contributed by atoms with Crippen LogP contribution in [0.1, 0.15) is 45.0 Å². The first-order chi connectivity index (χ1) is 8.89. The van der Waals surface area contributed by atoms with Gasteiger partial charge < -0.3 is 10.4 Å². The molecule has 0 bridgehead atoms. The van der Waals surface area contributed by atoms with Gasteiger partial charge in [0.1, 0.15) is 16.8 Å². The number of hydrogen-bond acceptors (Lipinski definition) is 4. The third-order valence-electron chi connectivity index (χ3n) is 3.20. The van der Waals surface area contributed by atoms with Crippen molar-refractivity contribution in [2.75, 3.05) is 18.5 Å². The molecule has 0 fully saturated rings. The van der Waals surface area contributed by atoms with Crippen molar-refractivity contribution in [1.29, 1.82) is 0 Å². The molecule has 0 aliphatic heterocycles. The number of anilines is 1. The summed E-state index contributed by atoms with van der Waals surface area (Å²) in [5.74, 6) is 1.57. The van der Waals surface area contributed by atoms with Crippen LogP contribution in [0.15, 0.2) is 0 Å². The molecular weight excluding hydrogens is 262 g/mol. The Morgan fingerprint density at radius 2 is 2.00 bits per heavy atom. The Balaban J connectivity index is 2.74. The Hall–Kier alpha value is -0.870. The SMILES string of the molecule is CCc1nc(Cl)c(C)c(NCC(C)(C)CCCO)n1. The standard InChI is InChI=1S/C14H24ClN3O/c1-5-11-17-12(15)10(2)13(18-11)16-9-14(3,4)7-6-8-19/h19H,5-9H2,1-4H3,(H,16,17,18). The fourth-order valence-corrected chi connectivity index (χ4v) is 2.02. The average Bonchev–Trinajstić information content (AvgIpc) is 2.38. The highest BCUT2D eigenvalue weighted by molar-refractivity contribution is 6.30. The topological polar surface area (TPSA) is 58.0 Å². The second-order valence-corrected chi connectivity index (χ2v) is 5.96. The van der Waals surface area contributed by atoms with E-state index < -0.39 is 0 Å². The lowest BCUT2D eigenvalue weighted by Crippen LogP contribution is -2.24. The summed E-state index contributed by atoms with van der Waals surface area (Å²) in [5.41, 5.74) is 0.996. The molecule has 4 nitrogen and oxygen atoms in total. The highest BCUT2D eigenvalue weighted by Crippen LogP contribution is 2.25. The number of halogens is 1. The van der Waals surface area contributed by atoms with Gasteiger partial charge in [0.25, 0.3) is 0 Å². The maximum absolute atomic E-state index is 8.91. The summed E-state index contributed by atoms with van der Waals surface area (Å²) in [7, 11) is 0. The molecule has 1 aromatic rings. The highest BCUT2D eigenvalue weighted by Gasteiger charge is 2.18. The second kappa shape index (κ2) is 7.06. The molecular formula is C14H24ClN3O. The van der Waals surface area contributed by atoms with Gasteiger partial charge in [-0.25, -0.2) is 9.97 Å². The molecule has 1 heterocycles. The van der Waals surface area contributed by atoms with Gasteiger partial charge in [0.05, 0.1) is 0 Å². The molecule has 0 radical (unpaired) electrons. The Bertz CT molecular complexity index is 421. The molecule has 0 saturated carbocycles. The van der Waals surface area contributed by atoms with E-state index in [1.165, 1.54) is 0 Å². The fraction of sp³-hybridized carbons (Fsp3) is 0.714. The lowest BCUT2D eigenvalue weighted by molar-refractivity contribution is 0.248. The van der Waals surface area contributed by atoms with E-state index in [9.17, 15) is 0 Å². The first-order valence-corrected chi connectivity index (χ1v) is 7.15. The highest BCUT2D eigenvalue weighted by atomic mass is 35.5. The Labute approximate surface area is 120 Å². The van der Waals surface area contributed by atoms with E-state index >= 15 is 0 Å². The van der Waals surface area contributed by atoms with Crippen molar-refractivity contribution in [3.05, 3.63) is 16.5 Å². The van der Waals surface area contributed by atoms with Crippen molar-refractivity contribution >= 4 is 17.4 Å². The molecule has 0 atom stereocenters. The van der Waals surface area contributed by atoms with Gasteiger partial charge in [-0.2, -0.15) is 0 Å². The van der Waals surface area contributed by atoms with Gasteiger partial charge in [-0.05, 0) is 25.2 Å². The van der Waals surface area contributed by atoms with E-state index in [0.717, 1.165) is 43.0 Å². The zero-order valence-corrected chi connectivity index (χ0v) is 13.0. The molecule has 0 amide bonds. The summed E-state index contributed by atoms with van der Waals surface area (Å²) in [6.45, 7) is 9.32. The quantitative estimate of drug-likeness (QED) is 0.755. The summed E-state index contributed by atoms with van der Waals surface area (Å²) in [5, 5.41) is 12.8. The van der Waals surface area contributed by atoms with E-state index in [4.69, 9.17) is 16.7 Å². The maximum Gasteiger partial charge on any atom is 0.137 e. The summed E-state index contributed by atoms with van der Waals surface area (Å²) in [6.07, 6.45) is 2.55. The molecule has 1 aromatic heterocycles. The molecule has 0 spiro atoms. The van der Waals surface area contributed by atoms with Crippen LogP contribution in [0.25, 0.3) is 0 Å². The Kier molecular flexibility index (Phi) is 6.01. The monoisotopic (exact) mass is 285 g/mol. The number of aromatic nitrogens is 2. The molecule has 1 rings (SSSR count). The molecule has 5 heteroatoms. The molecule has 19 heavy (non-hydrogen) atoms. The molecule has 0 aliphatic rings. The summed E-state index contributed by atoms with van der Waals surface area (Å²) < 4.78 is 0. The van der Waals surface area contributed by atoms with Crippen LogP contribution in [0, 0.1) is 12.3 Å². The van der Waals surface area contributed by atoms with Gasteiger partial charge in [0.2, 0.25) is 0 Å². The van der Waals surface area contributed by atoms with Crippen LogP contribution in [0.4, 0.5) is 5.82 Å². The normalized spacial score (nSPS) is 11.7. The predicted molar refractivity (Wildman–Crippen MR) is 79.7 cm³/mol. The fourth-order valence-electron chi connectivity index (χ4n) is 1.83. The van der Waals surface area contributed by atoms with Gasteiger partial charge in [0.15, 0.2) is 0 Å². The third-order valence-corrected chi connectivity index (χ3v) is 3.56. The van der Waals surface area contributed by atoms with Gasteiger partial charge in [-0.15, -0.1) is 0 Å². The Morgan fingerprint density at radius 1 is 1.32 bits per heavy atom. The minimum Gasteiger partial charge on any atom is -0.396 e. The average molecular weight is 286 g/mol. The van der Waals surface area contributed by atoms with E-state index in [-0.39, 0.29) is 12.0 Å². The predicted octanol–water partition coefficient (Wildman–Crippen LogP) is 3.21. The first-order valence-electron chi connectivity index (χ1n) is 6.77. The van der Waals surface area contributed by atoms with Crippen molar-refractivity contribution < 1.29 is 5.11 Å². The van der Waals surface area contributed by atoms with Crippen molar-refractivity contribution in [3.63, 3.8) is 0 Å². The molecule has 108 valence electrons. The van der Waals surface area contributed by atoms with E-state index in [1.807, 2.05) is 13.8 Å². The number of nitrogens with one attached hydrogen (secondary N) is 1. The lowest BCUT2D eigenvalue weighted by Gasteiger charge is -2.25. The maximum atomic E-state index is 8.91. The van der Waals surface area contributed by atoms with Crippen LogP contribution in [-0.4, -0.2) is 28.2 Å². The second-order valence-electron chi connectivity index (χ2n) is 5.60. The zero-order valence-electron chi connectivity index (χ0n) is 12.3. The number of aliphatic hydroxyl groups is 1. The van der Waals surface area contributed by atoms with Crippen LogP contribution in [0.5, 0.6) is 0 Å². The molecule has 0 aromatic carbocycles. The minimum absolute atomic E-state index is 0.110. The molecule has 0 saturated heterocycles. The lowest BCUT2D eigenvalue weighted by atomic mass is 9.88. The molecule has 2 N–H and O–H groups in total. The van der Waals surface area contributed by atoms with E-state index in [1.54, 1.807) is 0 Å². The summed E-state index contributed by atoms with van der Waals surface area (Å²) in [4.78, 5) is 8.71. The van der Waals surface area contributed by atoms with E-state index in [2.05, 4.69) is 29.1 Å². The Morgan fingerprint density at radius 3 is 2.58 bits per heavy atom. The number of hydrogen-bond donors (Lipinski definition) is 2. The van der Waals surface area contributed by atoms with Crippen molar-refractivity contribution in [1.82, 2.24) is 9.97 Å². The largest absolute Gasteiger partial charge is 0.396 e. The first kappa shape index (κ1) is 16.2. The van der Waals surface area contributed by atoms with Crippen LogP contribution in [-0.2, 0) is 6.42 Å². The number of nitrogens with zero attached hydrogens (tertiary/aromatic N) is 2. The van der Waals surface area contributed by atoms with Crippen molar-refractivity contribution in [3.8, 4) is 0 Å². The third kappa shape index (κ3) is 4.96. The minimum atomic E-state index is 0.110. The zero-order chi connectivity index (χ0) is 14.5. The van der Waals surface area contributed by atoms with E-state index in [0.29, 0.717) is 5.15 Å². The van der Waals surface area contributed by atoms with Gasteiger partial charge >= 0.3 is 0 Å². The van der Waals surface area contributed by atoms with Crippen molar-refractivity contribution in [2.45, 2.75) is 47.0 Å². The van der Waals surface area contributed by atoms with Crippen molar-refractivity contribution in [2.24, 2.45) is 5.41 Å². The molecule has 0 aliphatic carbocycles. The van der Waals surface area contributed by atoms with Gasteiger partial charge in [-0.3, -0.25) is 0 Å². The van der Waals surface area contributed by atoms with Crippen LogP contribution >= 0.6 is 11.6 Å². The number of aliphatic hydroxyl groups excluding tert-OH is 1. The van der Waals surface area contributed by atoms with Gasteiger partial charge in [0, 0.05) is 25.1 Å². The van der Waals surface area contributed by atoms with Crippen LogP contribution in [0.3, 0.4) is 0 Å². The van der Waals surface area contributed by atoms with Crippen LogP contribution < -0.4 is 5.32 Å². The smallest absolute Gasteiger partial charge is 0.137 e. The van der Waals surface area contributed by atoms with Gasteiger partial charge in [-0.1, -0.05) is 32.4 Å². The molecule has 0 unspecified atom stereocenters. The number of rotatable bonds is 7. The van der Waals surface area contributed by atoms with Crippen LogP contribution in [0.2, 0.25) is 5.15 Å². The summed E-state index contributed by atoms with van der Waals surface area (Å²) in [6, 6.07) is 0. The number of aryl methyl sites for hydroxylation is 1.